The van der Waals surface area contributed by atoms with E-state index >= 15 is 0 Å². The maximum atomic E-state index is 5.81. The molecule has 0 aliphatic rings. The zero-order chi connectivity index (χ0) is 15.4. The lowest BCUT2D eigenvalue weighted by atomic mass is 10.3. The molecular formula is C16H10Cl2N2O2. The highest BCUT2D eigenvalue weighted by atomic mass is 35.5. The summed E-state index contributed by atoms with van der Waals surface area (Å²) >= 11 is 11.6. The number of hydrogen-bond donors (Lipinski definition) is 0. The summed E-state index contributed by atoms with van der Waals surface area (Å²) in [6.45, 7) is 0. The van der Waals surface area contributed by atoms with E-state index in [4.69, 9.17) is 32.7 Å². The van der Waals surface area contributed by atoms with Gasteiger partial charge < -0.3 is 9.47 Å². The molecule has 22 heavy (non-hydrogen) atoms. The van der Waals surface area contributed by atoms with Crippen molar-refractivity contribution in [1.29, 1.82) is 0 Å². The second-order valence-corrected chi connectivity index (χ2v) is 5.19. The van der Waals surface area contributed by atoms with Crippen molar-refractivity contribution < 1.29 is 9.47 Å². The Kier molecular flexibility index (Phi) is 4.42. The fraction of sp³-hybridized carbons (Fsp3) is 0. The molecule has 0 N–H and O–H groups in total. The minimum atomic E-state index is 0.366. The minimum absolute atomic E-state index is 0.366. The van der Waals surface area contributed by atoms with E-state index in [0.29, 0.717) is 33.3 Å². The van der Waals surface area contributed by atoms with E-state index in [1.54, 1.807) is 60.7 Å². The predicted molar refractivity (Wildman–Crippen MR) is 85.1 cm³/mol. The molecule has 2 aromatic carbocycles. The van der Waals surface area contributed by atoms with Gasteiger partial charge in [0.2, 0.25) is 11.8 Å². The highest BCUT2D eigenvalue weighted by molar-refractivity contribution is 6.30. The maximum absolute atomic E-state index is 5.81. The second kappa shape index (κ2) is 6.64. The monoisotopic (exact) mass is 332 g/mol. The van der Waals surface area contributed by atoms with E-state index in [1.807, 2.05) is 0 Å². The third-order valence-corrected chi connectivity index (χ3v) is 3.19. The molecule has 0 bridgehead atoms. The molecule has 0 fully saturated rings. The lowest BCUT2D eigenvalue weighted by Gasteiger charge is -2.06. The number of aromatic nitrogens is 2. The Labute approximate surface area is 137 Å². The van der Waals surface area contributed by atoms with Gasteiger partial charge in [-0.1, -0.05) is 23.2 Å². The van der Waals surface area contributed by atoms with E-state index in [1.165, 1.54) is 0 Å². The van der Waals surface area contributed by atoms with Crippen LogP contribution in [-0.4, -0.2) is 10.2 Å². The molecule has 110 valence electrons. The molecule has 0 atom stereocenters. The zero-order valence-corrected chi connectivity index (χ0v) is 12.8. The van der Waals surface area contributed by atoms with Gasteiger partial charge in [0.1, 0.15) is 11.5 Å². The molecular weight excluding hydrogens is 323 g/mol. The van der Waals surface area contributed by atoms with E-state index in [0.717, 1.165) is 0 Å². The third kappa shape index (κ3) is 3.87. The Morgan fingerprint density at radius 3 is 1.23 bits per heavy atom. The highest BCUT2D eigenvalue weighted by Crippen LogP contribution is 2.24. The summed E-state index contributed by atoms with van der Waals surface area (Å²) in [5.41, 5.74) is 0. The molecule has 0 saturated heterocycles. The zero-order valence-electron chi connectivity index (χ0n) is 11.2. The molecule has 0 aliphatic heterocycles. The molecule has 0 amide bonds. The van der Waals surface area contributed by atoms with Crippen LogP contribution < -0.4 is 9.47 Å². The molecule has 4 nitrogen and oxygen atoms in total. The molecule has 0 aliphatic carbocycles. The van der Waals surface area contributed by atoms with E-state index in [2.05, 4.69) is 10.2 Å². The molecule has 6 heteroatoms. The van der Waals surface area contributed by atoms with Crippen LogP contribution in [0.25, 0.3) is 0 Å². The normalized spacial score (nSPS) is 10.3. The SMILES string of the molecule is Clc1ccc(Oc2ccc(Oc3ccc(Cl)cc3)nn2)cc1. The summed E-state index contributed by atoms with van der Waals surface area (Å²) in [5.74, 6) is 1.99. The van der Waals surface area contributed by atoms with Crippen molar-refractivity contribution in [3.05, 3.63) is 70.7 Å². The van der Waals surface area contributed by atoms with E-state index in [-0.39, 0.29) is 0 Å². The summed E-state index contributed by atoms with van der Waals surface area (Å²) in [7, 11) is 0. The summed E-state index contributed by atoms with van der Waals surface area (Å²) in [5, 5.41) is 9.20. The third-order valence-electron chi connectivity index (χ3n) is 2.69. The number of hydrogen-bond acceptors (Lipinski definition) is 4. The molecule has 0 saturated carbocycles. The van der Waals surface area contributed by atoms with Crippen LogP contribution in [0.1, 0.15) is 0 Å². The van der Waals surface area contributed by atoms with Crippen molar-refractivity contribution in [3.8, 4) is 23.3 Å². The van der Waals surface area contributed by atoms with Gasteiger partial charge in [-0.3, -0.25) is 0 Å². The lowest BCUT2D eigenvalue weighted by Crippen LogP contribution is -1.93. The van der Waals surface area contributed by atoms with E-state index < -0.39 is 0 Å². The predicted octanol–water partition coefficient (Wildman–Crippen LogP) is 5.37. The maximum Gasteiger partial charge on any atom is 0.239 e. The van der Waals surface area contributed by atoms with Crippen LogP contribution in [0.3, 0.4) is 0 Å². The Hall–Kier alpha value is -2.30. The Morgan fingerprint density at radius 2 is 0.909 bits per heavy atom. The smallest absolute Gasteiger partial charge is 0.239 e. The number of ether oxygens (including phenoxy) is 2. The Bertz CT molecular complexity index is 678. The summed E-state index contributed by atoms with van der Waals surface area (Å²) in [4.78, 5) is 0. The van der Waals surface area contributed by atoms with Crippen LogP contribution in [0.5, 0.6) is 23.3 Å². The largest absolute Gasteiger partial charge is 0.438 e. The van der Waals surface area contributed by atoms with Crippen LogP contribution in [0, 0.1) is 0 Å². The van der Waals surface area contributed by atoms with Gasteiger partial charge in [-0.05, 0) is 48.5 Å². The van der Waals surface area contributed by atoms with Gasteiger partial charge in [0.25, 0.3) is 0 Å². The Balaban J connectivity index is 1.67. The van der Waals surface area contributed by atoms with Crippen molar-refractivity contribution in [3.63, 3.8) is 0 Å². The first-order chi connectivity index (χ1) is 10.7. The van der Waals surface area contributed by atoms with Gasteiger partial charge in [0.05, 0.1) is 0 Å². The molecule has 3 aromatic rings. The summed E-state index contributed by atoms with van der Waals surface area (Å²) < 4.78 is 11.1. The molecule has 1 heterocycles. The van der Waals surface area contributed by atoms with E-state index in [9.17, 15) is 0 Å². The van der Waals surface area contributed by atoms with Gasteiger partial charge in [-0.25, -0.2) is 0 Å². The fourth-order valence-electron chi connectivity index (χ4n) is 1.66. The molecule has 1 aromatic heterocycles. The number of halogens is 2. The summed E-state index contributed by atoms with van der Waals surface area (Å²) in [6, 6.07) is 17.3. The van der Waals surface area contributed by atoms with Gasteiger partial charge in [0.15, 0.2) is 0 Å². The molecule has 3 rings (SSSR count). The molecule has 0 radical (unpaired) electrons. The summed E-state index contributed by atoms with van der Waals surface area (Å²) in [6.07, 6.45) is 0. The lowest BCUT2D eigenvalue weighted by molar-refractivity contribution is 0.427. The van der Waals surface area contributed by atoms with Gasteiger partial charge >= 0.3 is 0 Å². The first kappa shape index (κ1) is 14.6. The van der Waals surface area contributed by atoms with Crippen molar-refractivity contribution in [2.24, 2.45) is 0 Å². The van der Waals surface area contributed by atoms with Crippen molar-refractivity contribution in [1.82, 2.24) is 10.2 Å². The van der Waals surface area contributed by atoms with Gasteiger partial charge in [-0.15, -0.1) is 10.2 Å². The first-order valence-electron chi connectivity index (χ1n) is 6.40. The average molecular weight is 333 g/mol. The van der Waals surface area contributed by atoms with Crippen molar-refractivity contribution >= 4 is 23.2 Å². The number of benzene rings is 2. The second-order valence-electron chi connectivity index (χ2n) is 4.32. The standard InChI is InChI=1S/C16H10Cl2N2O2/c17-11-1-5-13(6-2-11)21-15-9-10-16(20-19-15)22-14-7-3-12(18)4-8-14/h1-10H. The van der Waals surface area contributed by atoms with Gasteiger partial charge in [0, 0.05) is 22.2 Å². The quantitative estimate of drug-likeness (QED) is 0.644. The highest BCUT2D eigenvalue weighted by Gasteiger charge is 2.03. The fourth-order valence-corrected chi connectivity index (χ4v) is 1.92. The van der Waals surface area contributed by atoms with Crippen LogP contribution in [-0.2, 0) is 0 Å². The van der Waals surface area contributed by atoms with Crippen molar-refractivity contribution in [2.75, 3.05) is 0 Å². The number of nitrogens with zero attached hydrogens (tertiary/aromatic N) is 2. The topological polar surface area (TPSA) is 44.2 Å². The van der Waals surface area contributed by atoms with Crippen molar-refractivity contribution in [2.45, 2.75) is 0 Å². The van der Waals surface area contributed by atoms with Gasteiger partial charge in [-0.2, -0.15) is 0 Å². The van der Waals surface area contributed by atoms with Crippen LogP contribution in [0.4, 0.5) is 0 Å². The molecule has 0 unspecified atom stereocenters. The van der Waals surface area contributed by atoms with Crippen LogP contribution in [0.15, 0.2) is 60.7 Å². The first-order valence-corrected chi connectivity index (χ1v) is 7.15. The Morgan fingerprint density at radius 1 is 0.545 bits per heavy atom. The average Bonchev–Trinajstić information content (AvgIpc) is 2.54. The van der Waals surface area contributed by atoms with Crippen LogP contribution >= 0.6 is 23.2 Å². The van der Waals surface area contributed by atoms with Crippen LogP contribution in [0.2, 0.25) is 10.0 Å². The molecule has 0 spiro atoms. The number of rotatable bonds is 4. The minimum Gasteiger partial charge on any atom is -0.438 e.